The van der Waals surface area contributed by atoms with E-state index in [4.69, 9.17) is 4.74 Å². The van der Waals surface area contributed by atoms with Crippen molar-refractivity contribution in [2.75, 3.05) is 19.6 Å². The Labute approximate surface area is 144 Å². The third-order valence-electron chi connectivity index (χ3n) is 4.35. The summed E-state index contributed by atoms with van der Waals surface area (Å²) in [5, 5.41) is 2.72. The minimum Gasteiger partial charge on any atom is -0.480 e. The summed E-state index contributed by atoms with van der Waals surface area (Å²) in [5.74, 6) is 0.806. The molecule has 5 heteroatoms. The predicted molar refractivity (Wildman–Crippen MR) is 94.1 cm³/mol. The summed E-state index contributed by atoms with van der Waals surface area (Å²) in [6, 6.07) is 7.78. The number of hydrogen-bond acceptors (Lipinski definition) is 3. The normalized spacial score (nSPS) is 15.4. The molecule has 5 nitrogen and oxygen atoms in total. The summed E-state index contributed by atoms with van der Waals surface area (Å²) in [6.45, 7) is 7.74. The number of benzene rings is 1. The molecular weight excluding hydrogens is 304 g/mol. The zero-order valence-corrected chi connectivity index (χ0v) is 14.9. The first-order chi connectivity index (χ1) is 11.5. The van der Waals surface area contributed by atoms with Crippen LogP contribution in [0.4, 0.5) is 0 Å². The number of amides is 2. The highest BCUT2D eigenvalue weighted by Crippen LogP contribution is 2.27. The van der Waals surface area contributed by atoms with E-state index in [1.165, 1.54) is 0 Å². The van der Waals surface area contributed by atoms with Crippen LogP contribution in [0.25, 0.3) is 0 Å². The lowest BCUT2D eigenvalue weighted by Crippen LogP contribution is -2.44. The number of carbonyl (C=O) groups is 2. The Morgan fingerprint density at radius 2 is 1.88 bits per heavy atom. The van der Waals surface area contributed by atoms with Crippen molar-refractivity contribution in [3.8, 4) is 5.75 Å². The van der Waals surface area contributed by atoms with Gasteiger partial charge in [0.05, 0.1) is 6.54 Å². The second-order valence-corrected chi connectivity index (χ2v) is 6.51. The Balaban J connectivity index is 1.93. The van der Waals surface area contributed by atoms with Gasteiger partial charge in [0.25, 0.3) is 5.91 Å². The largest absolute Gasteiger partial charge is 0.480 e. The lowest BCUT2D eigenvalue weighted by atomic mass is 10.0. The van der Waals surface area contributed by atoms with Crippen LogP contribution in [0.1, 0.15) is 51.5 Å². The Bertz CT molecular complexity index is 565. The molecule has 1 aliphatic heterocycles. The predicted octanol–water partition coefficient (Wildman–Crippen LogP) is 2.71. The number of ether oxygens (including phenoxy) is 1. The van der Waals surface area contributed by atoms with Crippen LogP contribution in [0.3, 0.4) is 0 Å². The summed E-state index contributed by atoms with van der Waals surface area (Å²) >= 11 is 0. The van der Waals surface area contributed by atoms with E-state index in [2.05, 4.69) is 19.2 Å². The topological polar surface area (TPSA) is 58.6 Å². The minimum atomic E-state index is -0.587. The second kappa shape index (κ2) is 8.71. The van der Waals surface area contributed by atoms with E-state index < -0.39 is 6.10 Å². The van der Waals surface area contributed by atoms with E-state index in [-0.39, 0.29) is 18.4 Å². The summed E-state index contributed by atoms with van der Waals surface area (Å²) in [4.78, 5) is 26.2. The molecule has 0 bridgehead atoms. The molecule has 0 unspecified atom stereocenters. The highest BCUT2D eigenvalue weighted by Gasteiger charge is 2.23. The van der Waals surface area contributed by atoms with Crippen molar-refractivity contribution in [2.24, 2.45) is 0 Å². The first-order valence-corrected chi connectivity index (χ1v) is 8.84. The maximum Gasteiger partial charge on any atom is 0.261 e. The number of para-hydroxylation sites is 1. The van der Waals surface area contributed by atoms with E-state index >= 15 is 0 Å². The van der Waals surface area contributed by atoms with Crippen molar-refractivity contribution in [1.82, 2.24) is 10.2 Å². The van der Waals surface area contributed by atoms with Gasteiger partial charge in [-0.05, 0) is 36.8 Å². The first kappa shape index (κ1) is 18.3. The van der Waals surface area contributed by atoms with Gasteiger partial charge in [0.15, 0.2) is 6.10 Å². The van der Waals surface area contributed by atoms with Gasteiger partial charge in [-0.25, -0.2) is 0 Å². The monoisotopic (exact) mass is 332 g/mol. The fourth-order valence-corrected chi connectivity index (χ4v) is 2.90. The van der Waals surface area contributed by atoms with Gasteiger partial charge in [0.1, 0.15) is 5.75 Å². The standard InChI is InChI=1S/C19H28N2O3/c1-4-16(24-17-10-6-5-9-15(17)14(2)3)19(23)20-13-18(22)21-11-7-8-12-21/h5-6,9-10,14,16H,4,7-8,11-13H2,1-3H3,(H,20,23)/t16-/m1/s1. The van der Waals surface area contributed by atoms with Crippen LogP contribution in [0, 0.1) is 0 Å². The molecule has 132 valence electrons. The SMILES string of the molecule is CC[C@@H](Oc1ccccc1C(C)C)C(=O)NCC(=O)N1CCCC1. The van der Waals surface area contributed by atoms with Crippen molar-refractivity contribution < 1.29 is 14.3 Å². The average Bonchev–Trinajstić information content (AvgIpc) is 3.12. The van der Waals surface area contributed by atoms with Crippen molar-refractivity contribution in [1.29, 1.82) is 0 Å². The third kappa shape index (κ3) is 4.73. The van der Waals surface area contributed by atoms with E-state index in [0.29, 0.717) is 12.3 Å². The third-order valence-corrected chi connectivity index (χ3v) is 4.35. The van der Waals surface area contributed by atoms with Crippen LogP contribution in [-0.2, 0) is 9.59 Å². The van der Waals surface area contributed by atoms with Crippen LogP contribution < -0.4 is 10.1 Å². The molecule has 2 amide bonds. The van der Waals surface area contributed by atoms with Gasteiger partial charge in [-0.3, -0.25) is 9.59 Å². The summed E-state index contributed by atoms with van der Waals surface area (Å²) in [5.41, 5.74) is 1.08. The molecule has 0 radical (unpaired) electrons. The zero-order chi connectivity index (χ0) is 17.5. The van der Waals surface area contributed by atoms with Crippen LogP contribution in [0.2, 0.25) is 0 Å². The number of rotatable bonds is 7. The lowest BCUT2D eigenvalue weighted by molar-refractivity contribution is -0.134. The number of hydrogen-bond donors (Lipinski definition) is 1. The van der Waals surface area contributed by atoms with Gasteiger partial charge in [0.2, 0.25) is 5.91 Å². The Morgan fingerprint density at radius 3 is 2.50 bits per heavy atom. The van der Waals surface area contributed by atoms with Crippen LogP contribution in [-0.4, -0.2) is 42.5 Å². The average molecular weight is 332 g/mol. The van der Waals surface area contributed by atoms with Crippen LogP contribution >= 0.6 is 0 Å². The molecule has 1 aliphatic rings. The fourth-order valence-electron chi connectivity index (χ4n) is 2.90. The van der Waals surface area contributed by atoms with Gasteiger partial charge in [-0.15, -0.1) is 0 Å². The highest BCUT2D eigenvalue weighted by molar-refractivity contribution is 5.87. The van der Waals surface area contributed by atoms with Crippen LogP contribution in [0.5, 0.6) is 5.75 Å². The maximum absolute atomic E-state index is 12.4. The molecule has 1 saturated heterocycles. The Hall–Kier alpha value is -2.04. The van der Waals surface area contributed by atoms with Gasteiger partial charge in [-0.1, -0.05) is 39.0 Å². The highest BCUT2D eigenvalue weighted by atomic mass is 16.5. The Morgan fingerprint density at radius 1 is 1.21 bits per heavy atom. The van der Waals surface area contributed by atoms with Crippen molar-refractivity contribution >= 4 is 11.8 Å². The number of likely N-dealkylation sites (tertiary alicyclic amines) is 1. The minimum absolute atomic E-state index is 0.0155. The van der Waals surface area contributed by atoms with Gasteiger partial charge < -0.3 is 15.0 Å². The molecule has 1 aromatic carbocycles. The lowest BCUT2D eigenvalue weighted by Gasteiger charge is -2.21. The summed E-state index contributed by atoms with van der Waals surface area (Å²) < 4.78 is 5.94. The molecular formula is C19H28N2O3. The van der Waals surface area contributed by atoms with E-state index in [1.54, 1.807) is 4.90 Å². The Kier molecular flexibility index (Phi) is 6.64. The number of carbonyl (C=O) groups excluding carboxylic acids is 2. The van der Waals surface area contributed by atoms with Crippen molar-refractivity contribution in [3.63, 3.8) is 0 Å². The van der Waals surface area contributed by atoms with Crippen molar-refractivity contribution in [2.45, 2.75) is 52.1 Å². The maximum atomic E-state index is 12.4. The number of nitrogens with one attached hydrogen (secondary N) is 1. The van der Waals surface area contributed by atoms with Gasteiger partial charge in [-0.2, -0.15) is 0 Å². The molecule has 1 fully saturated rings. The molecule has 24 heavy (non-hydrogen) atoms. The zero-order valence-electron chi connectivity index (χ0n) is 14.9. The van der Waals surface area contributed by atoms with E-state index in [0.717, 1.165) is 37.2 Å². The van der Waals surface area contributed by atoms with Gasteiger partial charge in [0, 0.05) is 13.1 Å². The van der Waals surface area contributed by atoms with E-state index in [9.17, 15) is 9.59 Å². The molecule has 1 N–H and O–H groups in total. The smallest absolute Gasteiger partial charge is 0.261 e. The molecule has 0 spiro atoms. The fraction of sp³-hybridized carbons (Fsp3) is 0.579. The molecule has 0 saturated carbocycles. The van der Waals surface area contributed by atoms with Gasteiger partial charge >= 0.3 is 0 Å². The van der Waals surface area contributed by atoms with Crippen LogP contribution in [0.15, 0.2) is 24.3 Å². The first-order valence-electron chi connectivity index (χ1n) is 8.84. The number of nitrogens with zero attached hydrogens (tertiary/aromatic N) is 1. The molecule has 1 heterocycles. The quantitative estimate of drug-likeness (QED) is 0.835. The molecule has 0 aliphatic carbocycles. The molecule has 2 rings (SSSR count). The molecule has 1 atom stereocenters. The summed E-state index contributed by atoms with van der Waals surface area (Å²) in [7, 11) is 0. The molecule has 0 aromatic heterocycles. The van der Waals surface area contributed by atoms with Crippen molar-refractivity contribution in [3.05, 3.63) is 29.8 Å². The summed E-state index contributed by atoms with van der Waals surface area (Å²) in [6.07, 6.45) is 2.06. The second-order valence-electron chi connectivity index (χ2n) is 6.51. The molecule has 1 aromatic rings. The van der Waals surface area contributed by atoms with E-state index in [1.807, 2.05) is 31.2 Å².